The van der Waals surface area contributed by atoms with Crippen LogP contribution in [0, 0.1) is 22.7 Å². The largest absolute Gasteiger partial charge is 0.341 e. The van der Waals surface area contributed by atoms with E-state index in [1.165, 1.54) is 11.3 Å². The number of carbonyl (C=O) groups is 2. The first kappa shape index (κ1) is 17.5. The number of hydrogen-bond acceptors (Lipinski definition) is 4. The highest BCUT2D eigenvalue weighted by atomic mass is 32.1. The smallest absolute Gasteiger partial charge is 0.227 e. The van der Waals surface area contributed by atoms with Gasteiger partial charge in [0.05, 0.1) is 12.0 Å². The summed E-state index contributed by atoms with van der Waals surface area (Å²) in [7, 11) is 0. The second-order valence-electron chi connectivity index (χ2n) is 6.97. The lowest BCUT2D eigenvalue weighted by Crippen LogP contribution is -2.49. The molecule has 1 N–H and O–H groups in total. The van der Waals surface area contributed by atoms with Gasteiger partial charge >= 0.3 is 0 Å². The van der Waals surface area contributed by atoms with Crippen LogP contribution in [0.3, 0.4) is 0 Å². The van der Waals surface area contributed by atoms with Gasteiger partial charge in [0.25, 0.3) is 0 Å². The fraction of sp³-hybridized carbons (Fsp3) is 0.588. The number of rotatable bonds is 3. The van der Waals surface area contributed by atoms with Crippen LogP contribution in [0.2, 0.25) is 0 Å². The zero-order valence-electron chi connectivity index (χ0n) is 13.8. The van der Waals surface area contributed by atoms with Crippen molar-refractivity contribution in [2.45, 2.75) is 39.7 Å². The zero-order valence-corrected chi connectivity index (χ0v) is 14.7. The third-order valence-corrected chi connectivity index (χ3v) is 4.71. The van der Waals surface area contributed by atoms with Crippen molar-refractivity contribution in [1.82, 2.24) is 10.2 Å². The fourth-order valence-corrected chi connectivity index (χ4v) is 3.43. The molecule has 124 valence electrons. The molecule has 1 aliphatic heterocycles. The van der Waals surface area contributed by atoms with E-state index in [-0.39, 0.29) is 17.7 Å². The minimum atomic E-state index is -0.623. The third kappa shape index (κ3) is 4.32. The molecule has 1 fully saturated rings. The normalized spacial score (nSPS) is 19.7. The Morgan fingerprint density at radius 2 is 2.22 bits per heavy atom. The summed E-state index contributed by atoms with van der Waals surface area (Å²) in [6, 6.07) is 3.35. The maximum Gasteiger partial charge on any atom is 0.227 e. The van der Waals surface area contributed by atoms with E-state index < -0.39 is 11.5 Å². The summed E-state index contributed by atoms with van der Waals surface area (Å²) in [5.41, 5.74) is 0.369. The van der Waals surface area contributed by atoms with Gasteiger partial charge < -0.3 is 10.2 Å². The molecule has 5 nitrogen and oxygen atoms in total. The quantitative estimate of drug-likeness (QED) is 0.924. The summed E-state index contributed by atoms with van der Waals surface area (Å²) in [5.74, 6) is -0.316. The topological polar surface area (TPSA) is 73.2 Å². The first-order chi connectivity index (χ1) is 10.8. The Kier molecular flexibility index (Phi) is 5.42. The van der Waals surface area contributed by atoms with E-state index in [9.17, 15) is 14.9 Å². The molecule has 0 radical (unpaired) electrons. The van der Waals surface area contributed by atoms with E-state index in [0.29, 0.717) is 13.1 Å². The highest BCUT2D eigenvalue weighted by Gasteiger charge is 2.34. The number of nitrogens with zero attached hydrogens (tertiary/aromatic N) is 2. The van der Waals surface area contributed by atoms with Crippen LogP contribution in [-0.2, 0) is 9.59 Å². The van der Waals surface area contributed by atoms with Crippen molar-refractivity contribution >= 4 is 23.2 Å². The van der Waals surface area contributed by atoms with E-state index in [4.69, 9.17) is 0 Å². The highest BCUT2D eigenvalue weighted by molar-refractivity contribution is 7.08. The molecule has 0 spiro atoms. The maximum absolute atomic E-state index is 12.5. The summed E-state index contributed by atoms with van der Waals surface area (Å²) in [6.07, 6.45) is 1.57. The number of carbonyl (C=O) groups excluding carboxylic acids is 2. The van der Waals surface area contributed by atoms with E-state index in [0.717, 1.165) is 18.4 Å². The lowest BCUT2D eigenvalue weighted by atomic mass is 9.90. The lowest BCUT2D eigenvalue weighted by molar-refractivity contribution is -0.142. The van der Waals surface area contributed by atoms with Gasteiger partial charge in [-0.1, -0.05) is 20.8 Å². The molecule has 0 aromatic carbocycles. The first-order valence-electron chi connectivity index (χ1n) is 7.84. The summed E-state index contributed by atoms with van der Waals surface area (Å²) in [5, 5.41) is 15.8. The number of hydrogen-bond donors (Lipinski definition) is 1. The molecular formula is C17H23N3O2S. The second kappa shape index (κ2) is 7.14. The SMILES string of the molecule is CC(C)(C)C(=O)N1CCC[C@@H](C(=O)N[C@H](C#N)c2ccsc2)C1. The Hall–Kier alpha value is -1.87. The monoisotopic (exact) mass is 333 g/mol. The molecular weight excluding hydrogens is 310 g/mol. The van der Waals surface area contributed by atoms with Crippen LogP contribution in [-0.4, -0.2) is 29.8 Å². The molecule has 2 atom stereocenters. The van der Waals surface area contributed by atoms with Gasteiger partial charge in [-0.2, -0.15) is 16.6 Å². The number of nitrogens with one attached hydrogen (secondary N) is 1. The van der Waals surface area contributed by atoms with Gasteiger partial charge in [0.2, 0.25) is 11.8 Å². The Morgan fingerprint density at radius 3 is 2.78 bits per heavy atom. The first-order valence-corrected chi connectivity index (χ1v) is 8.78. The van der Waals surface area contributed by atoms with Crippen LogP contribution in [0.1, 0.15) is 45.2 Å². The molecule has 0 bridgehead atoms. The van der Waals surface area contributed by atoms with Crippen molar-refractivity contribution in [2.75, 3.05) is 13.1 Å². The van der Waals surface area contributed by atoms with Crippen molar-refractivity contribution in [3.63, 3.8) is 0 Å². The summed E-state index contributed by atoms with van der Waals surface area (Å²) in [4.78, 5) is 26.7. The van der Waals surface area contributed by atoms with Gasteiger partial charge in [-0.3, -0.25) is 9.59 Å². The number of amides is 2. The van der Waals surface area contributed by atoms with Gasteiger partial charge in [-0.05, 0) is 35.2 Å². The molecule has 1 aromatic heterocycles. The number of likely N-dealkylation sites (tertiary alicyclic amines) is 1. The third-order valence-electron chi connectivity index (χ3n) is 4.01. The Balaban J connectivity index is 1.99. The van der Waals surface area contributed by atoms with Gasteiger partial charge in [0.1, 0.15) is 6.04 Å². The molecule has 1 saturated heterocycles. The van der Waals surface area contributed by atoms with E-state index in [1.807, 2.05) is 37.6 Å². The van der Waals surface area contributed by atoms with Crippen LogP contribution in [0.15, 0.2) is 16.8 Å². The highest BCUT2D eigenvalue weighted by Crippen LogP contribution is 2.24. The van der Waals surface area contributed by atoms with Crippen molar-refractivity contribution in [1.29, 1.82) is 5.26 Å². The van der Waals surface area contributed by atoms with Crippen LogP contribution in [0.25, 0.3) is 0 Å². The summed E-state index contributed by atoms with van der Waals surface area (Å²) >= 11 is 1.50. The predicted molar refractivity (Wildman–Crippen MR) is 89.6 cm³/mol. The lowest BCUT2D eigenvalue weighted by Gasteiger charge is -2.36. The van der Waals surface area contributed by atoms with Crippen molar-refractivity contribution in [2.24, 2.45) is 11.3 Å². The maximum atomic E-state index is 12.5. The molecule has 1 aliphatic rings. The summed E-state index contributed by atoms with van der Waals surface area (Å²) in [6.45, 7) is 6.81. The molecule has 2 heterocycles. The fourth-order valence-electron chi connectivity index (χ4n) is 2.74. The molecule has 2 amide bonds. The van der Waals surface area contributed by atoms with Crippen molar-refractivity contribution < 1.29 is 9.59 Å². The molecule has 1 aromatic rings. The Bertz CT molecular complexity index is 598. The Labute approximate surface area is 141 Å². The average molecular weight is 333 g/mol. The Morgan fingerprint density at radius 1 is 1.48 bits per heavy atom. The molecule has 0 aliphatic carbocycles. The average Bonchev–Trinajstić information content (AvgIpc) is 3.05. The van der Waals surface area contributed by atoms with Gasteiger partial charge in [0.15, 0.2) is 0 Å². The van der Waals surface area contributed by atoms with Crippen LogP contribution in [0.4, 0.5) is 0 Å². The summed E-state index contributed by atoms with van der Waals surface area (Å²) < 4.78 is 0. The number of thiophene rings is 1. The molecule has 0 unspecified atom stereocenters. The van der Waals surface area contributed by atoms with Crippen molar-refractivity contribution in [3.05, 3.63) is 22.4 Å². The number of nitriles is 1. The molecule has 23 heavy (non-hydrogen) atoms. The molecule has 0 saturated carbocycles. The number of piperidine rings is 1. The van der Waals surface area contributed by atoms with Gasteiger partial charge in [0, 0.05) is 18.5 Å². The van der Waals surface area contributed by atoms with Gasteiger partial charge in [-0.25, -0.2) is 0 Å². The van der Waals surface area contributed by atoms with E-state index in [2.05, 4.69) is 11.4 Å². The standard InChI is InChI=1S/C17H23N3O2S/c1-17(2,3)16(22)20-7-4-5-12(10-20)15(21)19-14(9-18)13-6-8-23-11-13/h6,8,11-12,14H,4-5,7,10H2,1-3H3,(H,19,21)/t12-,14-/m1/s1. The van der Waals surface area contributed by atoms with Gasteiger partial charge in [-0.15, -0.1) is 0 Å². The second-order valence-corrected chi connectivity index (χ2v) is 7.75. The van der Waals surface area contributed by atoms with Crippen LogP contribution >= 0.6 is 11.3 Å². The van der Waals surface area contributed by atoms with E-state index >= 15 is 0 Å². The molecule has 2 rings (SSSR count). The van der Waals surface area contributed by atoms with Crippen LogP contribution in [0.5, 0.6) is 0 Å². The zero-order chi connectivity index (χ0) is 17.0. The minimum Gasteiger partial charge on any atom is -0.341 e. The molecule has 6 heteroatoms. The van der Waals surface area contributed by atoms with Crippen LogP contribution < -0.4 is 5.32 Å². The minimum absolute atomic E-state index is 0.0738. The van der Waals surface area contributed by atoms with Crippen molar-refractivity contribution in [3.8, 4) is 6.07 Å². The van der Waals surface area contributed by atoms with E-state index in [1.54, 1.807) is 4.90 Å². The predicted octanol–water partition coefficient (Wildman–Crippen LogP) is 2.71.